The standard InChI is InChI=1S/C14H14Br2N2O/c1-2-5-17-6-8-18(9-7-17)14(19)12-4-3-11(15)10-13(12)16/h1,3-4,10H,5-9H2. The summed E-state index contributed by atoms with van der Waals surface area (Å²) in [5.74, 6) is 2.71. The van der Waals surface area contributed by atoms with E-state index in [-0.39, 0.29) is 5.91 Å². The molecule has 5 heteroatoms. The van der Waals surface area contributed by atoms with Crippen LogP contribution in [-0.4, -0.2) is 48.4 Å². The molecular formula is C14H14Br2N2O. The summed E-state index contributed by atoms with van der Waals surface area (Å²) in [6, 6.07) is 5.61. The van der Waals surface area contributed by atoms with Gasteiger partial charge in [-0.15, -0.1) is 6.42 Å². The Morgan fingerprint density at radius 1 is 1.26 bits per heavy atom. The number of hydrogen-bond acceptors (Lipinski definition) is 2. The minimum atomic E-state index is 0.0692. The monoisotopic (exact) mass is 384 g/mol. The second-order valence-corrected chi connectivity index (χ2v) is 6.17. The zero-order valence-corrected chi connectivity index (χ0v) is 13.6. The van der Waals surface area contributed by atoms with Crippen LogP contribution in [0.15, 0.2) is 27.1 Å². The predicted molar refractivity (Wildman–Crippen MR) is 83.0 cm³/mol. The summed E-state index contributed by atoms with van der Waals surface area (Å²) < 4.78 is 1.77. The Morgan fingerprint density at radius 3 is 2.53 bits per heavy atom. The summed E-state index contributed by atoms with van der Waals surface area (Å²) in [6.07, 6.45) is 5.30. The minimum Gasteiger partial charge on any atom is -0.336 e. The second-order valence-electron chi connectivity index (χ2n) is 4.40. The van der Waals surface area contributed by atoms with Crippen molar-refractivity contribution in [3.05, 3.63) is 32.7 Å². The van der Waals surface area contributed by atoms with Gasteiger partial charge in [0.2, 0.25) is 0 Å². The molecule has 1 saturated heterocycles. The van der Waals surface area contributed by atoms with E-state index in [0.29, 0.717) is 12.1 Å². The van der Waals surface area contributed by atoms with Crippen LogP contribution in [0.2, 0.25) is 0 Å². The third-order valence-corrected chi connectivity index (χ3v) is 4.29. The van der Waals surface area contributed by atoms with E-state index < -0.39 is 0 Å². The largest absolute Gasteiger partial charge is 0.336 e. The molecule has 0 saturated carbocycles. The molecule has 19 heavy (non-hydrogen) atoms. The lowest BCUT2D eigenvalue weighted by Crippen LogP contribution is -2.48. The number of hydrogen-bond donors (Lipinski definition) is 0. The van der Waals surface area contributed by atoms with Gasteiger partial charge in [-0.1, -0.05) is 21.9 Å². The number of carbonyl (C=O) groups is 1. The van der Waals surface area contributed by atoms with Gasteiger partial charge in [-0.2, -0.15) is 0 Å². The number of nitrogens with zero attached hydrogens (tertiary/aromatic N) is 2. The Morgan fingerprint density at radius 2 is 1.95 bits per heavy atom. The van der Waals surface area contributed by atoms with Crippen molar-refractivity contribution >= 4 is 37.8 Å². The molecule has 3 nitrogen and oxygen atoms in total. The van der Waals surface area contributed by atoms with Crippen LogP contribution in [0.3, 0.4) is 0 Å². The Hall–Kier alpha value is -0.830. The van der Waals surface area contributed by atoms with Crippen molar-refractivity contribution in [2.75, 3.05) is 32.7 Å². The highest BCUT2D eigenvalue weighted by Crippen LogP contribution is 2.23. The van der Waals surface area contributed by atoms with Crippen molar-refractivity contribution in [1.29, 1.82) is 0 Å². The van der Waals surface area contributed by atoms with Crippen LogP contribution in [0.5, 0.6) is 0 Å². The van der Waals surface area contributed by atoms with Gasteiger partial charge in [-0.05, 0) is 34.1 Å². The van der Waals surface area contributed by atoms with E-state index in [1.165, 1.54) is 0 Å². The average molecular weight is 386 g/mol. The molecule has 0 aliphatic carbocycles. The highest BCUT2D eigenvalue weighted by Gasteiger charge is 2.22. The van der Waals surface area contributed by atoms with E-state index in [4.69, 9.17) is 6.42 Å². The second kappa shape index (κ2) is 6.56. The summed E-state index contributed by atoms with van der Waals surface area (Å²) in [4.78, 5) is 16.5. The summed E-state index contributed by atoms with van der Waals surface area (Å²) >= 11 is 6.82. The van der Waals surface area contributed by atoms with Crippen molar-refractivity contribution in [3.63, 3.8) is 0 Å². The lowest BCUT2D eigenvalue weighted by atomic mass is 10.2. The molecule has 100 valence electrons. The van der Waals surface area contributed by atoms with E-state index in [1.807, 2.05) is 23.1 Å². The SMILES string of the molecule is C#CCN1CCN(C(=O)c2ccc(Br)cc2Br)CC1. The van der Waals surface area contributed by atoms with E-state index in [0.717, 1.165) is 35.1 Å². The molecule has 0 unspecified atom stereocenters. The first-order chi connectivity index (χ1) is 9.11. The predicted octanol–water partition coefficient (Wildman–Crippen LogP) is 2.60. The molecule has 0 atom stereocenters. The quantitative estimate of drug-likeness (QED) is 0.730. The molecule has 0 spiro atoms. The van der Waals surface area contributed by atoms with Crippen LogP contribution < -0.4 is 0 Å². The number of terminal acetylenes is 1. The number of benzene rings is 1. The fourth-order valence-corrected chi connectivity index (χ4v) is 3.29. The topological polar surface area (TPSA) is 23.6 Å². The average Bonchev–Trinajstić information content (AvgIpc) is 2.39. The van der Waals surface area contributed by atoms with E-state index in [9.17, 15) is 4.79 Å². The first-order valence-electron chi connectivity index (χ1n) is 6.02. The maximum absolute atomic E-state index is 12.4. The maximum atomic E-state index is 12.4. The number of piperazine rings is 1. The van der Waals surface area contributed by atoms with Gasteiger partial charge in [0.1, 0.15) is 0 Å². The summed E-state index contributed by atoms with van der Waals surface area (Å²) in [7, 11) is 0. The first kappa shape index (κ1) is 14.6. The number of amides is 1. The normalized spacial score (nSPS) is 16.2. The van der Waals surface area contributed by atoms with Crippen LogP contribution in [0, 0.1) is 12.3 Å². The lowest BCUT2D eigenvalue weighted by Gasteiger charge is -2.33. The number of halogens is 2. The van der Waals surface area contributed by atoms with Crippen LogP contribution >= 0.6 is 31.9 Å². The van der Waals surface area contributed by atoms with Crippen molar-refractivity contribution in [2.45, 2.75) is 0 Å². The zero-order valence-electron chi connectivity index (χ0n) is 10.4. The van der Waals surface area contributed by atoms with Gasteiger partial charge in [0, 0.05) is 35.1 Å². The van der Waals surface area contributed by atoms with Gasteiger partial charge in [0.15, 0.2) is 0 Å². The van der Waals surface area contributed by atoms with Gasteiger partial charge < -0.3 is 4.90 Å². The molecule has 1 aromatic carbocycles. The van der Waals surface area contributed by atoms with E-state index in [1.54, 1.807) is 0 Å². The smallest absolute Gasteiger partial charge is 0.255 e. The number of carbonyl (C=O) groups excluding carboxylic acids is 1. The maximum Gasteiger partial charge on any atom is 0.255 e. The highest BCUT2D eigenvalue weighted by molar-refractivity contribution is 9.11. The Bertz CT molecular complexity index is 517. The van der Waals surface area contributed by atoms with Gasteiger partial charge in [0.05, 0.1) is 12.1 Å². The third-order valence-electron chi connectivity index (χ3n) is 3.14. The van der Waals surface area contributed by atoms with Crippen molar-refractivity contribution < 1.29 is 4.79 Å². The minimum absolute atomic E-state index is 0.0692. The third kappa shape index (κ3) is 3.59. The molecular weight excluding hydrogens is 372 g/mol. The molecule has 2 rings (SSSR count). The van der Waals surface area contributed by atoms with Crippen molar-refractivity contribution in [1.82, 2.24) is 9.80 Å². The molecule has 1 aliphatic heterocycles. The van der Waals surface area contributed by atoms with E-state index in [2.05, 4.69) is 42.7 Å². The fourth-order valence-electron chi connectivity index (χ4n) is 2.07. The van der Waals surface area contributed by atoms with Gasteiger partial charge >= 0.3 is 0 Å². The molecule has 0 radical (unpaired) electrons. The Balaban J connectivity index is 2.03. The van der Waals surface area contributed by atoms with Crippen LogP contribution in [0.1, 0.15) is 10.4 Å². The van der Waals surface area contributed by atoms with Gasteiger partial charge in [-0.3, -0.25) is 9.69 Å². The summed E-state index contributed by atoms with van der Waals surface area (Å²) in [6.45, 7) is 3.78. The van der Waals surface area contributed by atoms with Crippen LogP contribution in [-0.2, 0) is 0 Å². The molecule has 0 aromatic heterocycles. The lowest BCUT2D eigenvalue weighted by molar-refractivity contribution is 0.0651. The van der Waals surface area contributed by atoms with Crippen LogP contribution in [0.4, 0.5) is 0 Å². The first-order valence-corrected chi connectivity index (χ1v) is 7.60. The van der Waals surface area contributed by atoms with Crippen molar-refractivity contribution in [2.24, 2.45) is 0 Å². The molecule has 0 N–H and O–H groups in total. The summed E-state index contributed by atoms with van der Waals surface area (Å²) in [5.41, 5.74) is 0.702. The molecule has 1 amide bonds. The zero-order chi connectivity index (χ0) is 13.8. The van der Waals surface area contributed by atoms with Crippen LogP contribution in [0.25, 0.3) is 0 Å². The fraction of sp³-hybridized carbons (Fsp3) is 0.357. The summed E-state index contributed by atoms with van der Waals surface area (Å²) in [5, 5.41) is 0. The molecule has 1 fully saturated rings. The number of rotatable bonds is 2. The van der Waals surface area contributed by atoms with Gasteiger partial charge in [-0.25, -0.2) is 0 Å². The molecule has 1 aromatic rings. The van der Waals surface area contributed by atoms with Gasteiger partial charge in [0.25, 0.3) is 5.91 Å². The molecule has 0 bridgehead atoms. The Labute approximate surface area is 130 Å². The van der Waals surface area contributed by atoms with E-state index >= 15 is 0 Å². The Kier molecular flexibility index (Phi) is 5.03. The molecule has 1 aliphatic rings. The highest BCUT2D eigenvalue weighted by atomic mass is 79.9. The van der Waals surface area contributed by atoms with Crippen molar-refractivity contribution in [3.8, 4) is 12.3 Å². The molecule has 1 heterocycles.